The smallest absolute Gasteiger partial charge is 0.0124 e. The van der Waals surface area contributed by atoms with Crippen molar-refractivity contribution in [2.24, 2.45) is 11.3 Å². The molecule has 0 aromatic carbocycles. The van der Waals surface area contributed by atoms with Crippen LogP contribution in [0.5, 0.6) is 0 Å². The monoisotopic (exact) mass is 235 g/mol. The average molecular weight is 235 g/mol. The maximum Gasteiger partial charge on any atom is 0.0124 e. The molecule has 3 saturated carbocycles. The molecule has 0 heterocycles. The topological polar surface area (TPSA) is 12.0 Å². The third kappa shape index (κ3) is 2.54. The van der Waals surface area contributed by atoms with Crippen molar-refractivity contribution in [3.63, 3.8) is 0 Å². The number of rotatable bonds is 4. The molecule has 17 heavy (non-hydrogen) atoms. The fraction of sp³-hybridized carbons (Fsp3) is 1.00. The van der Waals surface area contributed by atoms with Crippen LogP contribution < -0.4 is 5.32 Å². The van der Waals surface area contributed by atoms with Crippen LogP contribution >= 0.6 is 0 Å². The first-order valence-corrected chi connectivity index (χ1v) is 8.12. The van der Waals surface area contributed by atoms with Gasteiger partial charge in [-0.15, -0.1) is 0 Å². The van der Waals surface area contributed by atoms with E-state index in [1.54, 1.807) is 0 Å². The van der Waals surface area contributed by atoms with E-state index in [0.717, 1.165) is 17.4 Å². The van der Waals surface area contributed by atoms with Gasteiger partial charge in [0.05, 0.1) is 0 Å². The van der Waals surface area contributed by atoms with Gasteiger partial charge in [0.1, 0.15) is 0 Å². The van der Waals surface area contributed by atoms with Crippen molar-refractivity contribution in [1.29, 1.82) is 0 Å². The van der Waals surface area contributed by atoms with E-state index in [9.17, 15) is 0 Å². The first-order valence-electron chi connectivity index (χ1n) is 8.12. The van der Waals surface area contributed by atoms with Crippen LogP contribution in [0.1, 0.15) is 77.0 Å². The van der Waals surface area contributed by atoms with Gasteiger partial charge in [-0.25, -0.2) is 0 Å². The summed E-state index contributed by atoms with van der Waals surface area (Å²) in [5, 5.41) is 3.91. The van der Waals surface area contributed by atoms with E-state index < -0.39 is 0 Å². The Bertz CT molecular complexity index is 236. The quantitative estimate of drug-likeness (QED) is 0.767. The molecule has 1 unspecified atom stereocenters. The molecule has 3 rings (SSSR count). The second kappa shape index (κ2) is 5.30. The number of hydrogen-bond acceptors (Lipinski definition) is 1. The summed E-state index contributed by atoms with van der Waals surface area (Å²) < 4.78 is 0. The van der Waals surface area contributed by atoms with Gasteiger partial charge in [0.2, 0.25) is 0 Å². The minimum absolute atomic E-state index is 0.758. The Hall–Kier alpha value is -0.0400. The summed E-state index contributed by atoms with van der Waals surface area (Å²) >= 11 is 0. The zero-order valence-corrected chi connectivity index (χ0v) is 11.3. The van der Waals surface area contributed by atoms with Crippen LogP contribution in [0.15, 0.2) is 0 Å². The Morgan fingerprint density at radius 2 is 1.59 bits per heavy atom. The fourth-order valence-corrected chi connectivity index (χ4v) is 4.63. The molecule has 0 bridgehead atoms. The predicted molar refractivity (Wildman–Crippen MR) is 73.1 cm³/mol. The van der Waals surface area contributed by atoms with Crippen molar-refractivity contribution in [3.8, 4) is 0 Å². The number of hydrogen-bond donors (Lipinski definition) is 1. The zero-order valence-electron chi connectivity index (χ0n) is 11.3. The summed E-state index contributed by atoms with van der Waals surface area (Å²) in [5.41, 5.74) is 0.758. The molecule has 0 amide bonds. The summed E-state index contributed by atoms with van der Waals surface area (Å²) in [6, 6.07) is 0.893. The molecule has 0 radical (unpaired) electrons. The van der Waals surface area contributed by atoms with Crippen LogP contribution in [0.25, 0.3) is 0 Å². The van der Waals surface area contributed by atoms with Gasteiger partial charge in [0, 0.05) is 6.04 Å². The van der Waals surface area contributed by atoms with E-state index in [0.29, 0.717) is 0 Å². The van der Waals surface area contributed by atoms with Gasteiger partial charge in [-0.3, -0.25) is 0 Å². The lowest BCUT2D eigenvalue weighted by Gasteiger charge is -2.52. The Balaban J connectivity index is 1.39. The molecule has 1 heteroatoms. The van der Waals surface area contributed by atoms with Crippen molar-refractivity contribution in [1.82, 2.24) is 5.32 Å². The highest BCUT2D eigenvalue weighted by molar-refractivity contribution is 5.01. The van der Waals surface area contributed by atoms with E-state index in [1.165, 1.54) is 83.6 Å². The van der Waals surface area contributed by atoms with Crippen LogP contribution in [0, 0.1) is 11.3 Å². The third-order valence-corrected chi connectivity index (χ3v) is 5.94. The lowest BCUT2D eigenvalue weighted by atomic mass is 9.57. The first kappa shape index (κ1) is 12.0. The Morgan fingerprint density at radius 1 is 0.824 bits per heavy atom. The Morgan fingerprint density at radius 3 is 2.24 bits per heavy atom. The van der Waals surface area contributed by atoms with Crippen LogP contribution in [0.3, 0.4) is 0 Å². The standard InChI is InChI=1S/C16H29N/c1-4-10-16(11-5-1)12-8-15(16)17-13-9-14-6-2-3-7-14/h14-15,17H,1-13H2. The molecule has 3 aliphatic carbocycles. The molecule has 0 aromatic rings. The summed E-state index contributed by atoms with van der Waals surface area (Å²) in [6.45, 7) is 1.30. The van der Waals surface area contributed by atoms with Crippen LogP contribution in [0.4, 0.5) is 0 Å². The van der Waals surface area contributed by atoms with Gasteiger partial charge < -0.3 is 5.32 Å². The third-order valence-electron chi connectivity index (χ3n) is 5.94. The van der Waals surface area contributed by atoms with E-state index in [4.69, 9.17) is 0 Å². The molecule has 1 atom stereocenters. The van der Waals surface area contributed by atoms with Crippen molar-refractivity contribution in [2.75, 3.05) is 6.54 Å². The number of nitrogens with one attached hydrogen (secondary N) is 1. The predicted octanol–water partition coefficient (Wildman–Crippen LogP) is 4.27. The summed E-state index contributed by atoms with van der Waals surface area (Å²) in [6.07, 6.45) is 18.0. The van der Waals surface area contributed by atoms with Gasteiger partial charge in [0.15, 0.2) is 0 Å². The van der Waals surface area contributed by atoms with Crippen molar-refractivity contribution in [2.45, 2.75) is 83.1 Å². The van der Waals surface area contributed by atoms with Crippen molar-refractivity contribution >= 4 is 0 Å². The van der Waals surface area contributed by atoms with Gasteiger partial charge in [-0.1, -0.05) is 44.9 Å². The second-order valence-corrected chi connectivity index (χ2v) is 6.91. The van der Waals surface area contributed by atoms with E-state index in [1.807, 2.05) is 0 Å². The van der Waals surface area contributed by atoms with Gasteiger partial charge in [0.25, 0.3) is 0 Å². The van der Waals surface area contributed by atoms with Gasteiger partial charge in [-0.05, 0) is 50.0 Å². The van der Waals surface area contributed by atoms with Crippen molar-refractivity contribution < 1.29 is 0 Å². The van der Waals surface area contributed by atoms with E-state index in [2.05, 4.69) is 5.32 Å². The molecule has 0 saturated heterocycles. The maximum absolute atomic E-state index is 3.91. The molecule has 3 aliphatic rings. The lowest BCUT2D eigenvalue weighted by Crippen LogP contribution is -2.54. The molecule has 0 aromatic heterocycles. The summed E-state index contributed by atoms with van der Waals surface area (Å²) in [4.78, 5) is 0. The average Bonchev–Trinajstić information content (AvgIpc) is 2.87. The lowest BCUT2D eigenvalue weighted by molar-refractivity contribution is 0.0226. The Labute approximate surface area is 107 Å². The summed E-state index contributed by atoms with van der Waals surface area (Å²) in [7, 11) is 0. The van der Waals surface area contributed by atoms with E-state index in [-0.39, 0.29) is 0 Å². The molecule has 0 aliphatic heterocycles. The minimum Gasteiger partial charge on any atom is -0.313 e. The zero-order chi connectivity index (χ0) is 11.6. The van der Waals surface area contributed by atoms with Crippen molar-refractivity contribution in [3.05, 3.63) is 0 Å². The summed E-state index contributed by atoms with van der Waals surface area (Å²) in [5.74, 6) is 1.06. The minimum atomic E-state index is 0.758. The highest BCUT2D eigenvalue weighted by Gasteiger charge is 2.46. The first-order chi connectivity index (χ1) is 8.39. The SMILES string of the molecule is C1CCC2(CC1)CCC2NCCC1CCCC1. The molecular formula is C16H29N. The van der Waals surface area contributed by atoms with Crippen LogP contribution in [0.2, 0.25) is 0 Å². The maximum atomic E-state index is 3.91. The molecular weight excluding hydrogens is 206 g/mol. The van der Waals surface area contributed by atoms with Gasteiger partial charge >= 0.3 is 0 Å². The van der Waals surface area contributed by atoms with Crippen LogP contribution in [-0.4, -0.2) is 12.6 Å². The van der Waals surface area contributed by atoms with Crippen LogP contribution in [-0.2, 0) is 0 Å². The Kier molecular flexibility index (Phi) is 3.75. The normalized spacial score (nSPS) is 32.8. The highest BCUT2D eigenvalue weighted by Crippen LogP contribution is 2.51. The molecule has 1 N–H and O–H groups in total. The largest absolute Gasteiger partial charge is 0.313 e. The molecule has 1 spiro atoms. The molecule has 1 nitrogen and oxygen atoms in total. The highest BCUT2D eigenvalue weighted by atomic mass is 15.0. The second-order valence-electron chi connectivity index (χ2n) is 6.91. The molecule has 3 fully saturated rings. The van der Waals surface area contributed by atoms with Gasteiger partial charge in [-0.2, -0.15) is 0 Å². The van der Waals surface area contributed by atoms with E-state index >= 15 is 0 Å². The molecule has 98 valence electrons. The fourth-order valence-electron chi connectivity index (χ4n) is 4.63.